The molecule has 0 radical (unpaired) electrons. The molecule has 1 aromatic rings. The summed E-state index contributed by atoms with van der Waals surface area (Å²) in [4.78, 5) is 14.2. The minimum atomic E-state index is -0.00824. The van der Waals surface area contributed by atoms with Crippen LogP contribution in [0.1, 0.15) is 42.9 Å². The van der Waals surface area contributed by atoms with E-state index in [2.05, 4.69) is 24.3 Å². The maximum Gasteiger partial charge on any atom is 0.276 e. The van der Waals surface area contributed by atoms with Gasteiger partial charge in [0.2, 0.25) is 0 Å². The number of aryl methyl sites for hydroxylation is 1. The van der Waals surface area contributed by atoms with Crippen LogP contribution in [0.5, 0.6) is 0 Å². The van der Waals surface area contributed by atoms with Crippen LogP contribution >= 0.6 is 0 Å². The summed E-state index contributed by atoms with van der Waals surface area (Å²) in [5, 5.41) is 7.25. The van der Waals surface area contributed by atoms with Gasteiger partial charge in [-0.3, -0.25) is 4.79 Å². The highest BCUT2D eigenvalue weighted by Crippen LogP contribution is 2.18. The van der Waals surface area contributed by atoms with Gasteiger partial charge in [-0.1, -0.05) is 19.0 Å². The Kier molecular flexibility index (Phi) is 4.58. The number of hydrogen-bond donors (Lipinski definition) is 1. The van der Waals surface area contributed by atoms with Gasteiger partial charge in [0.25, 0.3) is 5.91 Å². The maximum atomic E-state index is 12.3. The van der Waals surface area contributed by atoms with Crippen molar-refractivity contribution in [2.24, 2.45) is 5.92 Å². The molecule has 2 heterocycles. The summed E-state index contributed by atoms with van der Waals surface area (Å²) in [6.45, 7) is 8.69. The van der Waals surface area contributed by atoms with E-state index in [4.69, 9.17) is 4.52 Å². The van der Waals surface area contributed by atoms with E-state index in [1.165, 1.54) is 6.42 Å². The van der Waals surface area contributed by atoms with Crippen LogP contribution in [0.3, 0.4) is 0 Å². The quantitative estimate of drug-likeness (QED) is 0.902. The molecule has 1 aromatic heterocycles. The summed E-state index contributed by atoms with van der Waals surface area (Å²) < 4.78 is 4.97. The van der Waals surface area contributed by atoms with Crippen molar-refractivity contribution in [3.8, 4) is 0 Å². The van der Waals surface area contributed by atoms with Gasteiger partial charge >= 0.3 is 0 Å². The highest BCUT2D eigenvalue weighted by atomic mass is 16.5. The number of carbonyl (C=O) groups excluding carboxylic acids is 1. The maximum absolute atomic E-state index is 12.3. The van der Waals surface area contributed by atoms with Crippen molar-refractivity contribution in [1.82, 2.24) is 15.4 Å². The standard InChI is InChI=1S/C14H23N3O2/c1-10(2)15-8-12-5-4-6-17(9-12)14(18)13-7-11(3)19-16-13/h7,10,12,15H,4-6,8-9H2,1-3H3. The first-order valence-electron chi connectivity index (χ1n) is 7.02. The van der Waals surface area contributed by atoms with Crippen molar-refractivity contribution >= 4 is 5.91 Å². The fraction of sp³-hybridized carbons (Fsp3) is 0.714. The van der Waals surface area contributed by atoms with Crippen LogP contribution in [-0.2, 0) is 0 Å². The molecule has 1 aliphatic rings. The Hall–Kier alpha value is -1.36. The van der Waals surface area contributed by atoms with E-state index in [1.54, 1.807) is 13.0 Å². The van der Waals surface area contributed by atoms with E-state index in [0.29, 0.717) is 23.4 Å². The zero-order valence-electron chi connectivity index (χ0n) is 12.0. The molecule has 106 valence electrons. The zero-order valence-corrected chi connectivity index (χ0v) is 12.0. The van der Waals surface area contributed by atoms with Crippen LogP contribution in [0.2, 0.25) is 0 Å². The first-order chi connectivity index (χ1) is 9.06. The molecular weight excluding hydrogens is 242 g/mol. The summed E-state index contributed by atoms with van der Waals surface area (Å²) in [5.41, 5.74) is 0.426. The molecule has 19 heavy (non-hydrogen) atoms. The second-order valence-corrected chi connectivity index (χ2v) is 5.65. The molecule has 1 unspecified atom stereocenters. The molecule has 5 nitrogen and oxygen atoms in total. The van der Waals surface area contributed by atoms with Crippen LogP contribution in [0.4, 0.5) is 0 Å². The van der Waals surface area contributed by atoms with Crippen molar-refractivity contribution in [3.63, 3.8) is 0 Å². The molecule has 1 atom stereocenters. The van der Waals surface area contributed by atoms with Crippen molar-refractivity contribution in [2.75, 3.05) is 19.6 Å². The molecule has 1 N–H and O–H groups in total. The third kappa shape index (κ3) is 3.80. The average Bonchev–Trinajstić information content (AvgIpc) is 2.82. The molecule has 0 saturated carbocycles. The van der Waals surface area contributed by atoms with Gasteiger partial charge in [0, 0.05) is 25.2 Å². The summed E-state index contributed by atoms with van der Waals surface area (Å²) >= 11 is 0. The van der Waals surface area contributed by atoms with E-state index in [9.17, 15) is 4.79 Å². The van der Waals surface area contributed by atoms with E-state index < -0.39 is 0 Å². The first kappa shape index (κ1) is 14.1. The fourth-order valence-corrected chi connectivity index (χ4v) is 2.45. The van der Waals surface area contributed by atoms with Crippen LogP contribution in [0.15, 0.2) is 10.6 Å². The third-order valence-corrected chi connectivity index (χ3v) is 3.47. The van der Waals surface area contributed by atoms with Gasteiger partial charge in [-0.25, -0.2) is 0 Å². The summed E-state index contributed by atoms with van der Waals surface area (Å²) in [5.74, 6) is 1.21. The Bertz CT molecular complexity index is 428. The number of aromatic nitrogens is 1. The number of carbonyl (C=O) groups is 1. The SMILES string of the molecule is Cc1cc(C(=O)N2CCCC(CNC(C)C)C2)no1. The summed E-state index contributed by atoms with van der Waals surface area (Å²) in [7, 11) is 0. The molecule has 1 fully saturated rings. The lowest BCUT2D eigenvalue weighted by molar-refractivity contribution is 0.0661. The van der Waals surface area contributed by atoms with E-state index >= 15 is 0 Å². The van der Waals surface area contributed by atoms with Gasteiger partial charge in [0.05, 0.1) is 0 Å². The minimum Gasteiger partial charge on any atom is -0.361 e. The number of hydrogen-bond acceptors (Lipinski definition) is 4. The molecule has 0 aromatic carbocycles. The number of nitrogens with zero attached hydrogens (tertiary/aromatic N) is 2. The van der Waals surface area contributed by atoms with Gasteiger partial charge in [0.15, 0.2) is 5.69 Å². The molecule has 5 heteroatoms. The predicted molar refractivity (Wildman–Crippen MR) is 73.0 cm³/mol. The Morgan fingerprint density at radius 1 is 1.63 bits per heavy atom. The van der Waals surface area contributed by atoms with Crippen molar-refractivity contribution in [3.05, 3.63) is 17.5 Å². The monoisotopic (exact) mass is 265 g/mol. The van der Waals surface area contributed by atoms with Crippen molar-refractivity contribution < 1.29 is 9.32 Å². The lowest BCUT2D eigenvalue weighted by Gasteiger charge is -2.32. The lowest BCUT2D eigenvalue weighted by atomic mass is 9.97. The van der Waals surface area contributed by atoms with Gasteiger partial charge in [-0.2, -0.15) is 0 Å². The Morgan fingerprint density at radius 2 is 2.42 bits per heavy atom. The van der Waals surface area contributed by atoms with Crippen LogP contribution in [0, 0.1) is 12.8 Å². The van der Waals surface area contributed by atoms with Crippen molar-refractivity contribution in [1.29, 1.82) is 0 Å². The number of likely N-dealkylation sites (tertiary alicyclic amines) is 1. The lowest BCUT2D eigenvalue weighted by Crippen LogP contribution is -2.43. The molecular formula is C14H23N3O2. The minimum absolute atomic E-state index is 0.00824. The molecule has 1 amide bonds. The molecule has 1 aliphatic heterocycles. The number of amides is 1. The molecule has 0 bridgehead atoms. The summed E-state index contributed by atoms with van der Waals surface area (Å²) in [6, 6.07) is 2.20. The van der Waals surface area contributed by atoms with Gasteiger partial charge in [-0.05, 0) is 32.2 Å². The van der Waals surface area contributed by atoms with Gasteiger partial charge < -0.3 is 14.7 Å². The van der Waals surface area contributed by atoms with Crippen LogP contribution in [0.25, 0.3) is 0 Å². The Labute approximate surface area is 114 Å². The molecule has 0 aliphatic carbocycles. The highest BCUT2D eigenvalue weighted by Gasteiger charge is 2.26. The van der Waals surface area contributed by atoms with Gasteiger partial charge in [0.1, 0.15) is 5.76 Å². The zero-order chi connectivity index (χ0) is 13.8. The largest absolute Gasteiger partial charge is 0.361 e. The van der Waals surface area contributed by atoms with Crippen LogP contribution in [-0.4, -0.2) is 41.6 Å². The van der Waals surface area contributed by atoms with Crippen molar-refractivity contribution in [2.45, 2.75) is 39.7 Å². The number of nitrogens with one attached hydrogen (secondary N) is 1. The summed E-state index contributed by atoms with van der Waals surface area (Å²) in [6.07, 6.45) is 2.24. The highest BCUT2D eigenvalue weighted by molar-refractivity contribution is 5.92. The Morgan fingerprint density at radius 3 is 3.05 bits per heavy atom. The van der Waals surface area contributed by atoms with E-state index in [-0.39, 0.29) is 5.91 Å². The van der Waals surface area contributed by atoms with Gasteiger partial charge in [-0.15, -0.1) is 0 Å². The normalized spacial score (nSPS) is 20.0. The molecule has 1 saturated heterocycles. The second kappa shape index (κ2) is 6.19. The fourth-order valence-electron chi connectivity index (χ4n) is 2.45. The first-order valence-corrected chi connectivity index (χ1v) is 7.02. The smallest absolute Gasteiger partial charge is 0.276 e. The van der Waals surface area contributed by atoms with E-state index in [1.807, 2.05) is 4.90 Å². The molecule has 2 rings (SSSR count). The predicted octanol–water partition coefficient (Wildman–Crippen LogP) is 1.83. The van der Waals surface area contributed by atoms with Crippen LogP contribution < -0.4 is 5.32 Å². The second-order valence-electron chi connectivity index (χ2n) is 5.65. The third-order valence-electron chi connectivity index (χ3n) is 3.47. The molecule has 0 spiro atoms. The number of piperidine rings is 1. The average molecular weight is 265 g/mol. The number of rotatable bonds is 4. The topological polar surface area (TPSA) is 58.4 Å². The Balaban J connectivity index is 1.91. The van der Waals surface area contributed by atoms with E-state index in [0.717, 1.165) is 26.1 Å².